The second-order valence-electron chi connectivity index (χ2n) is 4.48. The average molecular weight is 227 g/mol. The predicted molar refractivity (Wildman–Crippen MR) is 62.1 cm³/mol. The molecule has 0 aromatic heterocycles. The van der Waals surface area contributed by atoms with E-state index < -0.39 is 11.6 Å². The summed E-state index contributed by atoms with van der Waals surface area (Å²) in [6.07, 6.45) is 1.73. The molecule has 90 valence electrons. The van der Waals surface area contributed by atoms with Crippen LogP contribution in [0.1, 0.15) is 43.9 Å². The number of hydrogen-bond donors (Lipinski definition) is 1. The van der Waals surface area contributed by atoms with Crippen LogP contribution in [0.3, 0.4) is 0 Å². The summed E-state index contributed by atoms with van der Waals surface area (Å²) in [6, 6.07) is 2.08. The average Bonchev–Trinajstić information content (AvgIpc) is 2.23. The van der Waals surface area contributed by atoms with Gasteiger partial charge in [-0.15, -0.1) is 0 Å². The van der Waals surface area contributed by atoms with Gasteiger partial charge in [-0.2, -0.15) is 0 Å². The molecule has 1 aromatic rings. The van der Waals surface area contributed by atoms with E-state index in [2.05, 4.69) is 13.8 Å². The number of aryl methyl sites for hydroxylation is 1. The monoisotopic (exact) mass is 227 g/mol. The second kappa shape index (κ2) is 5.39. The van der Waals surface area contributed by atoms with Crippen LogP contribution in [-0.4, -0.2) is 0 Å². The summed E-state index contributed by atoms with van der Waals surface area (Å²) < 4.78 is 26.6. The zero-order chi connectivity index (χ0) is 12.3. The van der Waals surface area contributed by atoms with Gasteiger partial charge < -0.3 is 5.73 Å². The van der Waals surface area contributed by atoms with Crippen molar-refractivity contribution in [2.75, 3.05) is 0 Å². The van der Waals surface area contributed by atoms with Crippen LogP contribution < -0.4 is 5.73 Å². The lowest BCUT2D eigenvalue weighted by molar-refractivity contribution is 0.447. The number of nitrogens with two attached hydrogens (primary N) is 1. The van der Waals surface area contributed by atoms with Crippen molar-refractivity contribution in [3.05, 3.63) is 34.9 Å². The molecule has 1 rings (SSSR count). The van der Waals surface area contributed by atoms with E-state index in [4.69, 9.17) is 5.73 Å². The number of hydrogen-bond acceptors (Lipinski definition) is 1. The van der Waals surface area contributed by atoms with Crippen LogP contribution in [0.15, 0.2) is 12.1 Å². The van der Waals surface area contributed by atoms with Crippen molar-refractivity contribution in [2.45, 2.75) is 39.7 Å². The number of rotatable bonds is 4. The van der Waals surface area contributed by atoms with E-state index in [9.17, 15) is 8.78 Å². The van der Waals surface area contributed by atoms with Crippen LogP contribution >= 0.6 is 0 Å². The Kier molecular flexibility index (Phi) is 4.42. The van der Waals surface area contributed by atoms with E-state index in [1.54, 1.807) is 6.92 Å². The highest BCUT2D eigenvalue weighted by Crippen LogP contribution is 2.25. The van der Waals surface area contributed by atoms with Crippen LogP contribution in [0.25, 0.3) is 0 Å². The minimum atomic E-state index is -0.543. The third-order valence-corrected chi connectivity index (χ3v) is 3.03. The van der Waals surface area contributed by atoms with Crippen molar-refractivity contribution in [2.24, 2.45) is 11.7 Å². The fraction of sp³-hybridized carbons (Fsp3) is 0.538. The molecule has 1 nitrogen and oxygen atoms in total. The number of benzene rings is 1. The van der Waals surface area contributed by atoms with Crippen molar-refractivity contribution in [3.63, 3.8) is 0 Å². The molecule has 2 N–H and O–H groups in total. The summed E-state index contributed by atoms with van der Waals surface area (Å²) in [4.78, 5) is 0. The molecule has 0 spiro atoms. The smallest absolute Gasteiger partial charge is 0.130 e. The second-order valence-corrected chi connectivity index (χ2v) is 4.48. The molecule has 1 aromatic carbocycles. The minimum absolute atomic E-state index is 0.353. The van der Waals surface area contributed by atoms with E-state index >= 15 is 0 Å². The highest BCUT2D eigenvalue weighted by molar-refractivity contribution is 5.28. The maximum atomic E-state index is 13.5. The van der Waals surface area contributed by atoms with E-state index in [-0.39, 0.29) is 6.04 Å². The lowest BCUT2D eigenvalue weighted by Crippen LogP contribution is -2.16. The normalized spacial score (nSPS) is 14.9. The Hall–Kier alpha value is -0.960. The Morgan fingerprint density at radius 2 is 1.88 bits per heavy atom. The molecule has 2 atom stereocenters. The Labute approximate surface area is 95.7 Å². The maximum absolute atomic E-state index is 13.5. The summed E-state index contributed by atoms with van der Waals surface area (Å²) >= 11 is 0. The van der Waals surface area contributed by atoms with Crippen LogP contribution in [-0.2, 0) is 0 Å². The highest BCUT2D eigenvalue weighted by atomic mass is 19.1. The number of halogens is 2. The van der Waals surface area contributed by atoms with Gasteiger partial charge in [0.15, 0.2) is 0 Å². The zero-order valence-corrected chi connectivity index (χ0v) is 10.1. The first-order chi connectivity index (χ1) is 7.45. The molecule has 0 heterocycles. The molecule has 0 aliphatic carbocycles. The third kappa shape index (κ3) is 3.01. The summed E-state index contributed by atoms with van der Waals surface area (Å²) in [5.41, 5.74) is 6.79. The minimum Gasteiger partial charge on any atom is -0.324 e. The third-order valence-electron chi connectivity index (χ3n) is 3.03. The molecule has 0 saturated heterocycles. The summed E-state index contributed by atoms with van der Waals surface area (Å²) in [7, 11) is 0. The molecule has 0 aliphatic heterocycles. The highest BCUT2D eigenvalue weighted by Gasteiger charge is 2.16. The largest absolute Gasteiger partial charge is 0.324 e. The van der Waals surface area contributed by atoms with Crippen molar-refractivity contribution in [1.82, 2.24) is 0 Å². The van der Waals surface area contributed by atoms with Gasteiger partial charge in [-0.3, -0.25) is 0 Å². The topological polar surface area (TPSA) is 26.0 Å². The summed E-state index contributed by atoms with van der Waals surface area (Å²) in [6.45, 7) is 5.77. The fourth-order valence-corrected chi connectivity index (χ4v) is 1.69. The Morgan fingerprint density at radius 3 is 2.44 bits per heavy atom. The van der Waals surface area contributed by atoms with Gasteiger partial charge in [0, 0.05) is 17.7 Å². The molecular weight excluding hydrogens is 208 g/mol. The van der Waals surface area contributed by atoms with Crippen molar-refractivity contribution in [3.8, 4) is 0 Å². The van der Waals surface area contributed by atoms with Gasteiger partial charge in [0.1, 0.15) is 11.6 Å². The van der Waals surface area contributed by atoms with Gasteiger partial charge in [-0.1, -0.05) is 20.3 Å². The molecule has 16 heavy (non-hydrogen) atoms. The van der Waals surface area contributed by atoms with E-state index in [0.717, 1.165) is 18.9 Å². The van der Waals surface area contributed by atoms with Crippen LogP contribution in [0, 0.1) is 24.5 Å². The van der Waals surface area contributed by atoms with Crippen molar-refractivity contribution < 1.29 is 8.78 Å². The lowest BCUT2D eigenvalue weighted by atomic mass is 9.94. The van der Waals surface area contributed by atoms with Gasteiger partial charge in [0.25, 0.3) is 0 Å². The summed E-state index contributed by atoms with van der Waals surface area (Å²) in [5, 5.41) is 0. The molecule has 0 saturated carbocycles. The molecule has 0 aliphatic rings. The van der Waals surface area contributed by atoms with E-state index in [1.165, 1.54) is 6.07 Å². The van der Waals surface area contributed by atoms with Crippen molar-refractivity contribution in [1.29, 1.82) is 0 Å². The molecule has 0 bridgehead atoms. The quantitative estimate of drug-likeness (QED) is 0.833. The SMILES string of the molecule is CCC(C)CC(N)c1cc(C)c(F)cc1F. The van der Waals surface area contributed by atoms with Crippen molar-refractivity contribution >= 4 is 0 Å². The fourth-order valence-electron chi connectivity index (χ4n) is 1.69. The first-order valence-corrected chi connectivity index (χ1v) is 5.66. The zero-order valence-electron chi connectivity index (χ0n) is 10.1. The van der Waals surface area contributed by atoms with Crippen LogP contribution in [0.2, 0.25) is 0 Å². The Balaban J connectivity index is 2.91. The first kappa shape index (κ1) is 13.1. The van der Waals surface area contributed by atoms with Gasteiger partial charge >= 0.3 is 0 Å². The lowest BCUT2D eigenvalue weighted by Gasteiger charge is -2.17. The molecule has 0 fully saturated rings. The maximum Gasteiger partial charge on any atom is 0.130 e. The molecular formula is C13H19F2N. The van der Waals surface area contributed by atoms with Crippen LogP contribution in [0.4, 0.5) is 8.78 Å². The van der Waals surface area contributed by atoms with Crippen LogP contribution in [0.5, 0.6) is 0 Å². The summed E-state index contributed by atoms with van der Waals surface area (Å²) in [5.74, 6) is -0.615. The Morgan fingerprint density at radius 1 is 1.25 bits per heavy atom. The Bertz CT molecular complexity index is 363. The molecule has 2 unspecified atom stereocenters. The van der Waals surface area contributed by atoms with E-state index in [0.29, 0.717) is 17.0 Å². The predicted octanol–water partition coefficient (Wildman–Crippen LogP) is 3.71. The first-order valence-electron chi connectivity index (χ1n) is 5.66. The van der Waals surface area contributed by atoms with Gasteiger partial charge in [0.2, 0.25) is 0 Å². The van der Waals surface area contributed by atoms with E-state index in [1.807, 2.05) is 0 Å². The molecule has 3 heteroatoms. The van der Waals surface area contributed by atoms with Gasteiger partial charge in [0.05, 0.1) is 0 Å². The molecule has 0 radical (unpaired) electrons. The molecule has 0 amide bonds. The van der Waals surface area contributed by atoms with Gasteiger partial charge in [-0.25, -0.2) is 8.78 Å². The van der Waals surface area contributed by atoms with Gasteiger partial charge in [-0.05, 0) is 30.9 Å². The standard InChI is InChI=1S/C13H19F2N/c1-4-8(2)5-13(16)10-6-9(3)11(14)7-12(10)15/h6-8,13H,4-5,16H2,1-3H3.